The van der Waals surface area contributed by atoms with Gasteiger partial charge in [0.25, 0.3) is 0 Å². The van der Waals surface area contributed by atoms with E-state index < -0.39 is 0 Å². The van der Waals surface area contributed by atoms with E-state index in [0.29, 0.717) is 6.04 Å². The van der Waals surface area contributed by atoms with Crippen LogP contribution >= 0.6 is 11.8 Å². The van der Waals surface area contributed by atoms with E-state index in [1.54, 1.807) is 24.2 Å². The van der Waals surface area contributed by atoms with Gasteiger partial charge in [0.1, 0.15) is 10.8 Å². The van der Waals surface area contributed by atoms with E-state index in [0.717, 1.165) is 36.9 Å². The maximum Gasteiger partial charge on any atom is 0.146 e. The van der Waals surface area contributed by atoms with Gasteiger partial charge in [-0.25, -0.2) is 4.98 Å². The first-order valence-electron chi connectivity index (χ1n) is 8.31. The van der Waals surface area contributed by atoms with E-state index in [2.05, 4.69) is 44.5 Å². The number of likely N-dealkylation sites (tertiary alicyclic amines) is 1. The van der Waals surface area contributed by atoms with Crippen molar-refractivity contribution in [3.05, 3.63) is 47.8 Å². The summed E-state index contributed by atoms with van der Waals surface area (Å²) in [7, 11) is 0. The Bertz CT molecular complexity index is 667. The molecule has 1 aromatic carbocycles. The number of anilines is 1. The Morgan fingerprint density at radius 3 is 2.92 bits per heavy atom. The number of hydrogen-bond acceptors (Lipinski definition) is 6. The average Bonchev–Trinajstić information content (AvgIpc) is 3.08. The molecular formula is C18H24N4OS. The zero-order chi connectivity index (χ0) is 16.8. The van der Waals surface area contributed by atoms with Crippen molar-refractivity contribution in [2.45, 2.75) is 37.0 Å². The Morgan fingerprint density at radius 1 is 1.29 bits per heavy atom. The van der Waals surface area contributed by atoms with Gasteiger partial charge >= 0.3 is 0 Å². The Labute approximate surface area is 147 Å². The number of nitrogens with one attached hydrogen (secondary N) is 1. The lowest BCUT2D eigenvalue weighted by molar-refractivity contribution is 0.153. The van der Waals surface area contributed by atoms with E-state index in [9.17, 15) is 5.11 Å². The smallest absolute Gasteiger partial charge is 0.146 e. The minimum absolute atomic E-state index is 0.248. The van der Waals surface area contributed by atoms with Crippen LogP contribution in [-0.2, 0) is 13.1 Å². The normalized spacial score (nSPS) is 18.0. The summed E-state index contributed by atoms with van der Waals surface area (Å²) in [6.07, 6.45) is 7.78. The number of aromatic nitrogens is 2. The van der Waals surface area contributed by atoms with E-state index >= 15 is 0 Å². The van der Waals surface area contributed by atoms with Crippen LogP contribution in [0.4, 0.5) is 5.82 Å². The lowest BCUT2D eigenvalue weighted by Crippen LogP contribution is -2.32. The van der Waals surface area contributed by atoms with Gasteiger partial charge in [-0.2, -0.15) is 0 Å². The van der Waals surface area contributed by atoms with Gasteiger partial charge in [0.15, 0.2) is 0 Å². The maximum absolute atomic E-state index is 9.51. The van der Waals surface area contributed by atoms with Crippen molar-refractivity contribution in [1.82, 2.24) is 14.9 Å². The molecule has 6 heteroatoms. The molecule has 0 unspecified atom stereocenters. The molecule has 2 heterocycles. The summed E-state index contributed by atoms with van der Waals surface area (Å²) in [5, 5.41) is 13.8. The molecule has 3 rings (SSSR count). The minimum Gasteiger partial charge on any atom is -0.395 e. The molecule has 0 aliphatic carbocycles. The summed E-state index contributed by atoms with van der Waals surface area (Å²) in [6.45, 7) is 2.92. The quantitative estimate of drug-likeness (QED) is 0.753. The molecule has 2 aromatic rings. The molecule has 1 saturated heterocycles. The van der Waals surface area contributed by atoms with E-state index in [1.165, 1.54) is 17.5 Å². The van der Waals surface area contributed by atoms with Crippen LogP contribution in [0.15, 0.2) is 41.7 Å². The van der Waals surface area contributed by atoms with Crippen LogP contribution in [0.3, 0.4) is 0 Å². The largest absolute Gasteiger partial charge is 0.395 e. The Kier molecular flexibility index (Phi) is 6.07. The molecule has 1 aliphatic heterocycles. The predicted molar refractivity (Wildman–Crippen MR) is 98.1 cm³/mol. The van der Waals surface area contributed by atoms with Crippen LogP contribution in [0.2, 0.25) is 0 Å². The van der Waals surface area contributed by atoms with Crippen molar-refractivity contribution in [3.63, 3.8) is 0 Å². The second kappa shape index (κ2) is 8.46. The molecule has 2 N–H and O–H groups in total. The summed E-state index contributed by atoms with van der Waals surface area (Å²) >= 11 is 1.59. The third-order valence-electron chi connectivity index (χ3n) is 4.48. The van der Waals surface area contributed by atoms with Gasteiger partial charge < -0.3 is 10.4 Å². The first-order valence-corrected chi connectivity index (χ1v) is 9.54. The van der Waals surface area contributed by atoms with Crippen LogP contribution < -0.4 is 5.32 Å². The number of thioether (sulfide) groups is 1. The van der Waals surface area contributed by atoms with Crippen molar-refractivity contribution in [2.75, 3.05) is 24.7 Å². The summed E-state index contributed by atoms with van der Waals surface area (Å²) < 4.78 is 0. The summed E-state index contributed by atoms with van der Waals surface area (Å²) in [5.74, 6) is 0.797. The third kappa shape index (κ3) is 4.26. The van der Waals surface area contributed by atoms with Crippen molar-refractivity contribution in [2.24, 2.45) is 0 Å². The molecular weight excluding hydrogens is 320 g/mol. The molecule has 1 atom stereocenters. The first-order chi connectivity index (χ1) is 11.8. The molecule has 128 valence electrons. The predicted octanol–water partition coefficient (Wildman–Crippen LogP) is 2.77. The van der Waals surface area contributed by atoms with Crippen molar-refractivity contribution >= 4 is 17.6 Å². The molecule has 0 bridgehead atoms. The number of hydrogen-bond donors (Lipinski definition) is 2. The van der Waals surface area contributed by atoms with Gasteiger partial charge in [-0.1, -0.05) is 24.3 Å². The van der Waals surface area contributed by atoms with Gasteiger partial charge in [-0.05, 0) is 36.8 Å². The van der Waals surface area contributed by atoms with E-state index in [1.807, 2.05) is 6.26 Å². The lowest BCUT2D eigenvalue weighted by Gasteiger charge is -2.24. The van der Waals surface area contributed by atoms with Crippen LogP contribution in [0, 0.1) is 0 Å². The summed E-state index contributed by atoms with van der Waals surface area (Å²) in [5.41, 5.74) is 2.57. The molecule has 1 fully saturated rings. The van der Waals surface area contributed by atoms with Crippen molar-refractivity contribution < 1.29 is 5.11 Å². The standard InChI is InChI=1S/C18H24N4OS/c1-24-18-11-19-10-17(21-18)20-9-14-5-2-3-6-15(14)12-22-8-4-7-16(22)13-23/h2-3,5-6,10-11,16,23H,4,7-9,12-13H2,1H3,(H,20,21)/t16-/m0/s1. The first kappa shape index (κ1) is 17.2. The average molecular weight is 344 g/mol. The summed E-state index contributed by atoms with van der Waals surface area (Å²) in [4.78, 5) is 11.1. The maximum atomic E-state index is 9.51. The third-order valence-corrected chi connectivity index (χ3v) is 5.10. The fourth-order valence-corrected chi connectivity index (χ4v) is 3.49. The van der Waals surface area contributed by atoms with Crippen LogP contribution in [-0.4, -0.2) is 45.4 Å². The zero-order valence-corrected chi connectivity index (χ0v) is 14.8. The Hall–Kier alpha value is -1.63. The van der Waals surface area contributed by atoms with Crippen LogP contribution in [0.1, 0.15) is 24.0 Å². The molecule has 1 aromatic heterocycles. The molecule has 0 spiro atoms. The van der Waals surface area contributed by atoms with Gasteiger partial charge in [-0.15, -0.1) is 11.8 Å². The fraction of sp³-hybridized carbons (Fsp3) is 0.444. The van der Waals surface area contributed by atoms with Crippen molar-refractivity contribution in [3.8, 4) is 0 Å². The highest BCUT2D eigenvalue weighted by Gasteiger charge is 2.24. The minimum atomic E-state index is 0.248. The highest BCUT2D eigenvalue weighted by molar-refractivity contribution is 7.98. The van der Waals surface area contributed by atoms with Gasteiger partial charge in [-0.3, -0.25) is 9.88 Å². The fourth-order valence-electron chi connectivity index (χ4n) is 3.13. The SMILES string of the molecule is CSc1cncc(NCc2ccccc2CN2CCC[C@H]2CO)n1. The van der Waals surface area contributed by atoms with Crippen LogP contribution in [0.5, 0.6) is 0 Å². The number of benzene rings is 1. The highest BCUT2D eigenvalue weighted by Crippen LogP contribution is 2.22. The Morgan fingerprint density at radius 2 is 2.12 bits per heavy atom. The van der Waals surface area contributed by atoms with Gasteiger partial charge in [0, 0.05) is 19.1 Å². The van der Waals surface area contributed by atoms with E-state index in [4.69, 9.17) is 0 Å². The molecule has 1 aliphatic rings. The number of aliphatic hydroxyl groups is 1. The van der Waals surface area contributed by atoms with Crippen LogP contribution in [0.25, 0.3) is 0 Å². The van der Waals surface area contributed by atoms with Gasteiger partial charge in [0.05, 0.1) is 19.0 Å². The number of rotatable bonds is 7. The monoisotopic (exact) mass is 344 g/mol. The second-order valence-electron chi connectivity index (χ2n) is 6.02. The molecule has 0 radical (unpaired) electrons. The molecule has 0 amide bonds. The topological polar surface area (TPSA) is 61.3 Å². The number of aliphatic hydroxyl groups excluding tert-OH is 1. The summed E-state index contributed by atoms with van der Waals surface area (Å²) in [6, 6.07) is 8.77. The zero-order valence-electron chi connectivity index (χ0n) is 14.0. The van der Waals surface area contributed by atoms with E-state index in [-0.39, 0.29) is 6.61 Å². The van der Waals surface area contributed by atoms with Gasteiger partial charge in [0.2, 0.25) is 0 Å². The Balaban J connectivity index is 1.67. The molecule has 24 heavy (non-hydrogen) atoms. The lowest BCUT2D eigenvalue weighted by atomic mass is 10.1. The molecule has 0 saturated carbocycles. The highest BCUT2D eigenvalue weighted by atomic mass is 32.2. The molecule has 5 nitrogen and oxygen atoms in total. The second-order valence-corrected chi connectivity index (χ2v) is 6.84. The number of nitrogens with zero attached hydrogens (tertiary/aromatic N) is 3. The van der Waals surface area contributed by atoms with Crippen molar-refractivity contribution in [1.29, 1.82) is 0 Å².